The van der Waals surface area contributed by atoms with Gasteiger partial charge in [0.25, 0.3) is 5.56 Å². The topological polar surface area (TPSA) is 72.3 Å². The molecule has 4 rings (SSSR count). The van der Waals surface area contributed by atoms with Crippen molar-refractivity contribution in [3.05, 3.63) is 131 Å². The molecule has 0 unspecified atom stereocenters. The van der Waals surface area contributed by atoms with Crippen molar-refractivity contribution in [2.24, 2.45) is 0 Å². The van der Waals surface area contributed by atoms with Crippen LogP contribution in [-0.2, 0) is 36.1 Å². The van der Waals surface area contributed by atoms with Gasteiger partial charge in [0.1, 0.15) is 0 Å². The van der Waals surface area contributed by atoms with Crippen LogP contribution in [0.25, 0.3) is 0 Å². The third-order valence-corrected chi connectivity index (χ3v) is 7.16. The zero-order valence-corrected chi connectivity index (χ0v) is 18.9. The first-order chi connectivity index (χ1) is 16.0. The highest BCUT2D eigenvalue weighted by atomic mass is 32.2. The van der Waals surface area contributed by atoms with E-state index in [-0.39, 0.29) is 23.5 Å². The van der Waals surface area contributed by atoms with E-state index in [4.69, 9.17) is 0 Å². The minimum atomic E-state index is -3.86. The summed E-state index contributed by atoms with van der Waals surface area (Å²) in [4.78, 5) is 16.5. The average molecular weight is 460 g/mol. The number of benzene rings is 2. The monoisotopic (exact) mass is 459 g/mol. The summed E-state index contributed by atoms with van der Waals surface area (Å²) in [7, 11) is -3.86. The van der Waals surface area contributed by atoms with Crippen LogP contribution < -0.4 is 5.56 Å². The summed E-state index contributed by atoms with van der Waals surface area (Å²) >= 11 is 0. The number of hydrogen-bond donors (Lipinski definition) is 0. The lowest BCUT2D eigenvalue weighted by Crippen LogP contribution is -2.31. The number of aryl methyl sites for hydroxylation is 2. The summed E-state index contributed by atoms with van der Waals surface area (Å²) in [5, 5.41) is 0. The molecule has 0 saturated heterocycles. The molecule has 168 valence electrons. The van der Waals surface area contributed by atoms with Crippen molar-refractivity contribution in [3.63, 3.8) is 0 Å². The fourth-order valence-corrected chi connectivity index (χ4v) is 5.02. The second-order valence-electron chi connectivity index (χ2n) is 7.75. The van der Waals surface area contributed by atoms with Gasteiger partial charge in [-0.05, 0) is 41.3 Å². The predicted octanol–water partition coefficient (Wildman–Crippen LogP) is 3.88. The smallest absolute Gasteiger partial charge is 0.250 e. The van der Waals surface area contributed by atoms with Gasteiger partial charge in [-0.15, -0.1) is 0 Å². The van der Waals surface area contributed by atoms with Gasteiger partial charge in [-0.3, -0.25) is 9.78 Å². The molecule has 0 amide bonds. The molecule has 2 aromatic carbocycles. The lowest BCUT2D eigenvalue weighted by molar-refractivity contribution is 0.400. The molecular formula is C26H25N3O3S. The van der Waals surface area contributed by atoms with Gasteiger partial charge < -0.3 is 4.57 Å². The van der Waals surface area contributed by atoms with E-state index in [1.807, 2.05) is 72.8 Å². The van der Waals surface area contributed by atoms with Crippen LogP contribution in [0.4, 0.5) is 0 Å². The molecule has 0 N–H and O–H groups in total. The second kappa shape index (κ2) is 10.4. The van der Waals surface area contributed by atoms with Crippen LogP contribution in [0, 0.1) is 0 Å². The van der Waals surface area contributed by atoms with Crippen molar-refractivity contribution >= 4 is 10.0 Å². The highest BCUT2D eigenvalue weighted by Gasteiger charge is 2.25. The molecule has 0 aliphatic rings. The molecule has 0 aliphatic carbocycles. The van der Waals surface area contributed by atoms with Crippen molar-refractivity contribution in [2.75, 3.05) is 0 Å². The van der Waals surface area contributed by atoms with Crippen molar-refractivity contribution in [3.8, 4) is 0 Å². The fraction of sp³-hybridized carbons (Fsp3) is 0.154. The van der Waals surface area contributed by atoms with Gasteiger partial charge in [0.2, 0.25) is 10.0 Å². The lowest BCUT2D eigenvalue weighted by Gasteiger charge is -2.23. The molecule has 0 atom stereocenters. The number of rotatable bonds is 9. The van der Waals surface area contributed by atoms with Crippen LogP contribution in [0.3, 0.4) is 0 Å². The Balaban J connectivity index is 1.64. The number of aromatic nitrogens is 2. The Bertz CT molecular complexity index is 1300. The number of pyridine rings is 2. The Morgan fingerprint density at radius 2 is 1.30 bits per heavy atom. The molecule has 7 heteroatoms. The van der Waals surface area contributed by atoms with Gasteiger partial charge >= 0.3 is 0 Å². The summed E-state index contributed by atoms with van der Waals surface area (Å²) < 4.78 is 30.3. The molecule has 2 aromatic heterocycles. The van der Waals surface area contributed by atoms with E-state index in [1.165, 1.54) is 27.2 Å². The first-order valence-corrected chi connectivity index (χ1v) is 12.1. The van der Waals surface area contributed by atoms with E-state index < -0.39 is 10.0 Å². The molecular weight excluding hydrogens is 434 g/mol. The molecule has 0 saturated carbocycles. The highest BCUT2D eigenvalue weighted by molar-refractivity contribution is 7.89. The van der Waals surface area contributed by atoms with Crippen LogP contribution in [0.1, 0.15) is 16.7 Å². The summed E-state index contributed by atoms with van der Waals surface area (Å²) in [6, 6.07) is 25.5. The number of nitrogens with zero attached hydrogens (tertiary/aromatic N) is 3. The summed E-state index contributed by atoms with van der Waals surface area (Å²) in [6.07, 6.45) is 5.44. The summed E-state index contributed by atoms with van der Waals surface area (Å²) in [5.41, 5.74) is 2.58. The molecule has 33 heavy (non-hydrogen) atoms. The van der Waals surface area contributed by atoms with Crippen molar-refractivity contribution in [1.29, 1.82) is 0 Å². The molecule has 0 radical (unpaired) electrons. The molecule has 2 heterocycles. The third kappa shape index (κ3) is 5.83. The van der Waals surface area contributed by atoms with E-state index in [2.05, 4.69) is 4.98 Å². The van der Waals surface area contributed by atoms with Crippen molar-refractivity contribution in [1.82, 2.24) is 13.9 Å². The first kappa shape index (κ1) is 22.6. The Kier molecular flexibility index (Phi) is 7.12. The van der Waals surface area contributed by atoms with Crippen LogP contribution in [0.5, 0.6) is 0 Å². The van der Waals surface area contributed by atoms with E-state index >= 15 is 0 Å². The van der Waals surface area contributed by atoms with Crippen LogP contribution >= 0.6 is 0 Å². The zero-order chi connectivity index (χ0) is 23.1. The predicted molar refractivity (Wildman–Crippen MR) is 128 cm³/mol. The standard InChI is InChI=1S/C26H25N3O3S/c30-26-12-11-25(21-28(26)18-15-22-13-16-27-17-14-22)33(31,32)29(19-23-7-3-1-4-8-23)20-24-9-5-2-6-10-24/h1-14,16-17,21H,15,18-20H2. The van der Waals surface area contributed by atoms with Gasteiger partial charge in [0.05, 0.1) is 4.90 Å². The van der Waals surface area contributed by atoms with Crippen molar-refractivity contribution < 1.29 is 8.42 Å². The van der Waals surface area contributed by atoms with Gasteiger partial charge in [0.15, 0.2) is 0 Å². The van der Waals surface area contributed by atoms with Crippen molar-refractivity contribution in [2.45, 2.75) is 31.0 Å². The minimum Gasteiger partial charge on any atom is -0.314 e. The maximum absolute atomic E-state index is 13.7. The maximum Gasteiger partial charge on any atom is 0.250 e. The number of hydrogen-bond acceptors (Lipinski definition) is 4. The van der Waals surface area contributed by atoms with E-state index in [9.17, 15) is 13.2 Å². The van der Waals surface area contributed by atoms with Crippen LogP contribution in [0.15, 0.2) is 113 Å². The SMILES string of the molecule is O=c1ccc(S(=O)(=O)N(Cc2ccccc2)Cc2ccccc2)cn1CCc1ccncc1. The molecule has 0 spiro atoms. The lowest BCUT2D eigenvalue weighted by atomic mass is 10.2. The highest BCUT2D eigenvalue weighted by Crippen LogP contribution is 2.21. The molecule has 6 nitrogen and oxygen atoms in total. The molecule has 0 fully saturated rings. The Morgan fingerprint density at radius 1 is 0.727 bits per heavy atom. The van der Waals surface area contributed by atoms with E-state index in [1.54, 1.807) is 12.4 Å². The average Bonchev–Trinajstić information content (AvgIpc) is 2.85. The Labute approximate surface area is 193 Å². The van der Waals surface area contributed by atoms with E-state index in [0.29, 0.717) is 13.0 Å². The Hall–Kier alpha value is -3.55. The third-order valence-electron chi connectivity index (χ3n) is 5.39. The maximum atomic E-state index is 13.7. The van der Waals surface area contributed by atoms with Gasteiger partial charge in [-0.25, -0.2) is 8.42 Å². The molecule has 4 aromatic rings. The number of sulfonamides is 1. The van der Waals surface area contributed by atoms with E-state index in [0.717, 1.165) is 16.7 Å². The zero-order valence-electron chi connectivity index (χ0n) is 18.1. The first-order valence-electron chi connectivity index (χ1n) is 10.7. The Morgan fingerprint density at radius 3 is 1.88 bits per heavy atom. The van der Waals surface area contributed by atoms with Gasteiger partial charge in [0, 0.05) is 44.3 Å². The molecule has 0 aliphatic heterocycles. The fourth-order valence-electron chi connectivity index (χ4n) is 3.58. The summed E-state index contributed by atoms with van der Waals surface area (Å²) in [6.45, 7) is 0.839. The second-order valence-corrected chi connectivity index (χ2v) is 9.68. The van der Waals surface area contributed by atoms with Gasteiger partial charge in [-0.2, -0.15) is 4.31 Å². The summed E-state index contributed by atoms with van der Waals surface area (Å²) in [5.74, 6) is 0. The minimum absolute atomic E-state index is 0.101. The largest absolute Gasteiger partial charge is 0.314 e. The normalized spacial score (nSPS) is 11.5. The quantitative estimate of drug-likeness (QED) is 0.381. The van der Waals surface area contributed by atoms with Crippen LogP contribution in [-0.4, -0.2) is 22.3 Å². The van der Waals surface area contributed by atoms with Crippen LogP contribution in [0.2, 0.25) is 0 Å². The molecule has 0 bridgehead atoms. The van der Waals surface area contributed by atoms with Gasteiger partial charge in [-0.1, -0.05) is 60.7 Å².